The fraction of sp³-hybridized carbons (Fsp3) is 0.792. The molecule has 4 rings (SSSR count). The van der Waals surface area contributed by atoms with Crippen molar-refractivity contribution < 1.29 is 9.90 Å². The topological polar surface area (TPSA) is 37.3 Å². The third-order valence-corrected chi connectivity index (χ3v) is 8.46. The molecule has 0 aromatic carbocycles. The summed E-state index contributed by atoms with van der Waals surface area (Å²) in [6, 6.07) is 0. The molecule has 144 valence electrons. The molecule has 26 heavy (non-hydrogen) atoms. The van der Waals surface area contributed by atoms with E-state index in [1.165, 1.54) is 49.7 Å². The monoisotopic (exact) mass is 356 g/mol. The van der Waals surface area contributed by atoms with Crippen LogP contribution in [0.2, 0.25) is 0 Å². The fourth-order valence-electron chi connectivity index (χ4n) is 7.80. The van der Waals surface area contributed by atoms with Gasteiger partial charge < -0.3 is 5.11 Å². The summed E-state index contributed by atoms with van der Waals surface area (Å²) in [6.45, 7) is 8.54. The van der Waals surface area contributed by atoms with E-state index in [2.05, 4.69) is 20.4 Å². The van der Waals surface area contributed by atoms with Crippen molar-refractivity contribution >= 4 is 5.78 Å². The molecule has 3 saturated carbocycles. The normalized spacial score (nSPS) is 44.7. The maximum atomic E-state index is 12.3. The van der Waals surface area contributed by atoms with Crippen LogP contribution in [0, 0.1) is 35.0 Å². The second kappa shape index (κ2) is 6.93. The van der Waals surface area contributed by atoms with Gasteiger partial charge in [-0.15, -0.1) is 6.58 Å². The number of hydrogen-bond donors (Lipinski definition) is 1. The van der Waals surface area contributed by atoms with E-state index >= 15 is 0 Å². The lowest BCUT2D eigenvalue weighted by Gasteiger charge is -2.56. The van der Waals surface area contributed by atoms with Crippen molar-refractivity contribution in [3.8, 4) is 0 Å². The van der Waals surface area contributed by atoms with Gasteiger partial charge in [-0.1, -0.05) is 24.5 Å². The van der Waals surface area contributed by atoms with Crippen LogP contribution in [-0.2, 0) is 4.79 Å². The van der Waals surface area contributed by atoms with Crippen LogP contribution in [0.4, 0.5) is 0 Å². The van der Waals surface area contributed by atoms with Gasteiger partial charge in [0.25, 0.3) is 0 Å². The first-order valence-electron chi connectivity index (χ1n) is 11.0. The van der Waals surface area contributed by atoms with Crippen LogP contribution < -0.4 is 0 Å². The summed E-state index contributed by atoms with van der Waals surface area (Å²) in [5, 5.41) is 10.9. The summed E-state index contributed by atoms with van der Waals surface area (Å²) in [4.78, 5) is 12.3. The average Bonchev–Trinajstić information content (AvgIpc) is 2.91. The van der Waals surface area contributed by atoms with Crippen LogP contribution in [0.5, 0.6) is 0 Å². The first-order valence-corrected chi connectivity index (χ1v) is 11.0. The maximum Gasteiger partial charge on any atom is 0.155 e. The highest BCUT2D eigenvalue weighted by atomic mass is 16.3. The van der Waals surface area contributed by atoms with Crippen molar-refractivity contribution in [1.82, 2.24) is 0 Å². The molecule has 1 unspecified atom stereocenters. The highest BCUT2D eigenvalue weighted by Gasteiger charge is 2.58. The van der Waals surface area contributed by atoms with E-state index in [-0.39, 0.29) is 11.5 Å². The fourth-order valence-corrected chi connectivity index (χ4v) is 7.80. The van der Waals surface area contributed by atoms with Gasteiger partial charge in [-0.3, -0.25) is 4.79 Å². The SMILES string of the molecule is C=C(C)CC1CC(=O)C=C2CC[C@@H]3[C@H](CC[C@]4(CCC)[C@H](O)CC[C@@H]34)[C@H]21. The van der Waals surface area contributed by atoms with Crippen molar-refractivity contribution in [3.05, 3.63) is 23.8 Å². The molecule has 0 bridgehead atoms. The van der Waals surface area contributed by atoms with Crippen molar-refractivity contribution in [3.63, 3.8) is 0 Å². The summed E-state index contributed by atoms with van der Waals surface area (Å²) in [7, 11) is 0. The molecule has 0 aromatic heterocycles. The minimum absolute atomic E-state index is 0.0792. The van der Waals surface area contributed by atoms with Crippen LogP contribution >= 0.6 is 0 Å². The van der Waals surface area contributed by atoms with Crippen LogP contribution in [0.15, 0.2) is 23.8 Å². The minimum Gasteiger partial charge on any atom is -0.393 e. The molecule has 0 heterocycles. The Balaban J connectivity index is 1.64. The molecular weight excluding hydrogens is 320 g/mol. The van der Waals surface area contributed by atoms with E-state index in [0.29, 0.717) is 23.5 Å². The molecule has 4 aliphatic carbocycles. The predicted molar refractivity (Wildman–Crippen MR) is 106 cm³/mol. The second-order valence-electron chi connectivity index (χ2n) is 9.92. The van der Waals surface area contributed by atoms with E-state index in [0.717, 1.165) is 37.5 Å². The molecule has 7 atom stereocenters. The number of carbonyl (C=O) groups excluding carboxylic acids is 1. The Labute approximate surface area is 159 Å². The van der Waals surface area contributed by atoms with Gasteiger partial charge in [-0.25, -0.2) is 0 Å². The molecule has 3 fully saturated rings. The zero-order chi connectivity index (χ0) is 18.5. The first-order chi connectivity index (χ1) is 12.5. The van der Waals surface area contributed by atoms with Crippen molar-refractivity contribution in [2.75, 3.05) is 0 Å². The third-order valence-electron chi connectivity index (χ3n) is 8.46. The predicted octanol–water partition coefficient (Wildman–Crippen LogP) is 5.46. The number of fused-ring (bicyclic) bond motifs is 5. The molecule has 0 spiro atoms. The van der Waals surface area contributed by atoms with Crippen molar-refractivity contribution in [1.29, 1.82) is 0 Å². The third kappa shape index (κ3) is 2.84. The lowest BCUT2D eigenvalue weighted by Crippen LogP contribution is -2.50. The average molecular weight is 357 g/mol. The molecular formula is C24H36O2. The zero-order valence-corrected chi connectivity index (χ0v) is 16.7. The number of aliphatic hydroxyl groups excluding tert-OH is 1. The van der Waals surface area contributed by atoms with Gasteiger partial charge in [0.2, 0.25) is 0 Å². The largest absolute Gasteiger partial charge is 0.393 e. The standard InChI is InChI=1S/C24H36O2/c1-4-10-24-11-9-20-19(21(24)7-8-22(24)26)6-5-16-13-18(25)14-17(23(16)20)12-15(2)3/h13,17,19-23,26H,2,4-12,14H2,1,3H3/t17?,19-,20+,21+,22-,23-,24+/m1/s1. The van der Waals surface area contributed by atoms with Crippen molar-refractivity contribution in [2.45, 2.75) is 84.2 Å². The van der Waals surface area contributed by atoms with E-state index < -0.39 is 0 Å². The van der Waals surface area contributed by atoms with Crippen LogP contribution in [0.3, 0.4) is 0 Å². The quantitative estimate of drug-likeness (QED) is 0.679. The Hall–Kier alpha value is -0.890. The second-order valence-corrected chi connectivity index (χ2v) is 9.92. The van der Waals surface area contributed by atoms with Crippen LogP contribution in [-0.4, -0.2) is 17.0 Å². The summed E-state index contributed by atoms with van der Waals surface area (Å²) in [5.41, 5.74) is 2.87. The van der Waals surface area contributed by atoms with Crippen LogP contribution in [0.25, 0.3) is 0 Å². The van der Waals surface area contributed by atoms with Gasteiger partial charge in [0.1, 0.15) is 0 Å². The lowest BCUT2D eigenvalue weighted by atomic mass is 9.49. The Morgan fingerprint density at radius 1 is 1.27 bits per heavy atom. The summed E-state index contributed by atoms with van der Waals surface area (Å²) in [6.07, 6.45) is 13.1. The summed E-state index contributed by atoms with van der Waals surface area (Å²) in [5.74, 6) is 3.61. The Morgan fingerprint density at radius 3 is 2.81 bits per heavy atom. The zero-order valence-electron chi connectivity index (χ0n) is 16.7. The summed E-state index contributed by atoms with van der Waals surface area (Å²) >= 11 is 0. The molecule has 4 aliphatic rings. The molecule has 2 heteroatoms. The highest BCUT2D eigenvalue weighted by Crippen LogP contribution is 2.64. The number of hydrogen-bond acceptors (Lipinski definition) is 2. The van der Waals surface area contributed by atoms with Crippen LogP contribution in [0.1, 0.15) is 78.1 Å². The van der Waals surface area contributed by atoms with E-state index in [1.54, 1.807) is 0 Å². The molecule has 0 amide bonds. The van der Waals surface area contributed by atoms with Crippen molar-refractivity contribution in [2.24, 2.45) is 35.0 Å². The minimum atomic E-state index is -0.0792. The molecule has 0 saturated heterocycles. The number of allylic oxidation sites excluding steroid dienone is 2. The Kier molecular flexibility index (Phi) is 4.92. The molecule has 0 radical (unpaired) electrons. The molecule has 1 N–H and O–H groups in total. The number of carbonyl (C=O) groups is 1. The molecule has 2 nitrogen and oxygen atoms in total. The number of rotatable bonds is 4. The van der Waals surface area contributed by atoms with E-state index in [4.69, 9.17) is 0 Å². The van der Waals surface area contributed by atoms with Gasteiger partial charge in [0, 0.05) is 6.42 Å². The number of aliphatic hydroxyl groups is 1. The van der Waals surface area contributed by atoms with Gasteiger partial charge in [-0.05, 0) is 99.4 Å². The first kappa shape index (κ1) is 18.5. The van der Waals surface area contributed by atoms with E-state index in [1.807, 2.05) is 6.08 Å². The molecule has 0 aromatic rings. The maximum absolute atomic E-state index is 12.3. The molecule has 0 aliphatic heterocycles. The van der Waals surface area contributed by atoms with E-state index in [9.17, 15) is 9.90 Å². The number of ketones is 1. The Morgan fingerprint density at radius 2 is 2.08 bits per heavy atom. The van der Waals surface area contributed by atoms with Gasteiger partial charge >= 0.3 is 0 Å². The smallest absolute Gasteiger partial charge is 0.155 e. The summed E-state index contributed by atoms with van der Waals surface area (Å²) < 4.78 is 0. The van der Waals surface area contributed by atoms with Gasteiger partial charge in [-0.2, -0.15) is 0 Å². The lowest BCUT2D eigenvalue weighted by molar-refractivity contribution is -0.118. The highest BCUT2D eigenvalue weighted by molar-refractivity contribution is 5.91. The Bertz CT molecular complexity index is 618. The van der Waals surface area contributed by atoms with Gasteiger partial charge in [0.15, 0.2) is 5.78 Å². The van der Waals surface area contributed by atoms with Gasteiger partial charge in [0.05, 0.1) is 6.10 Å².